The minimum absolute atomic E-state index is 0.145. The van der Waals surface area contributed by atoms with Crippen molar-refractivity contribution in [3.8, 4) is 11.1 Å². The monoisotopic (exact) mass is 388 g/mol. The Morgan fingerprint density at radius 2 is 1.67 bits per heavy atom. The Labute approximate surface area is 167 Å². The van der Waals surface area contributed by atoms with Crippen LogP contribution in [0.1, 0.15) is 64.5 Å². The Morgan fingerprint density at radius 3 is 2.30 bits per heavy atom. The highest BCUT2D eigenvalue weighted by Crippen LogP contribution is 2.37. The van der Waals surface area contributed by atoms with E-state index in [1.54, 1.807) is 12.1 Å². The molecule has 0 radical (unpaired) electrons. The van der Waals surface area contributed by atoms with Gasteiger partial charge in [0, 0.05) is 41.0 Å². The summed E-state index contributed by atoms with van der Waals surface area (Å²) in [5.74, 6) is 1.13. The molecular weight excluding hydrogens is 356 g/mol. The van der Waals surface area contributed by atoms with Crippen molar-refractivity contribution in [2.45, 2.75) is 77.2 Å². The molecule has 1 aromatic heterocycles. The van der Waals surface area contributed by atoms with Gasteiger partial charge >= 0.3 is 0 Å². The molecular formula is C22H32N2O2S. The smallest absolute Gasteiger partial charge is 0.269 e. The van der Waals surface area contributed by atoms with E-state index in [9.17, 15) is 10.1 Å². The standard InChI is InChI=1S/C22H32N2O2S/c1-4-6-8-9-10-16-27-21-17-23(15-7-5-2)18(3)22(21)19-11-13-20(14-12-19)24(25)26/h11-14,17H,4-10,15-16H2,1-3H3. The van der Waals surface area contributed by atoms with Gasteiger partial charge in [0.2, 0.25) is 0 Å². The molecule has 27 heavy (non-hydrogen) atoms. The van der Waals surface area contributed by atoms with E-state index < -0.39 is 0 Å². The van der Waals surface area contributed by atoms with Crippen molar-refractivity contribution in [1.82, 2.24) is 4.57 Å². The molecule has 0 aliphatic rings. The molecule has 0 unspecified atom stereocenters. The molecule has 0 fully saturated rings. The number of benzene rings is 1. The number of nitro benzene ring substituents is 1. The van der Waals surface area contributed by atoms with Gasteiger partial charge < -0.3 is 4.57 Å². The second kappa shape index (κ2) is 11.2. The van der Waals surface area contributed by atoms with E-state index in [0.717, 1.165) is 24.3 Å². The highest BCUT2D eigenvalue weighted by atomic mass is 32.2. The highest BCUT2D eigenvalue weighted by molar-refractivity contribution is 7.99. The molecule has 2 rings (SSSR count). The third-order valence-electron chi connectivity index (χ3n) is 4.94. The number of unbranched alkanes of at least 4 members (excludes halogenated alkanes) is 5. The molecule has 0 aliphatic heterocycles. The van der Waals surface area contributed by atoms with Crippen molar-refractivity contribution in [3.63, 3.8) is 0 Å². The lowest BCUT2D eigenvalue weighted by Crippen LogP contribution is -1.98. The Bertz CT molecular complexity index is 723. The van der Waals surface area contributed by atoms with Crippen molar-refractivity contribution in [1.29, 1.82) is 0 Å². The molecule has 1 heterocycles. The van der Waals surface area contributed by atoms with Crippen molar-refractivity contribution in [2.75, 3.05) is 5.75 Å². The summed E-state index contributed by atoms with van der Waals surface area (Å²) in [5.41, 5.74) is 3.71. The zero-order valence-electron chi connectivity index (χ0n) is 16.9. The molecule has 2 aromatic rings. The van der Waals surface area contributed by atoms with Gasteiger partial charge in [-0.3, -0.25) is 10.1 Å². The number of aryl methyl sites for hydroxylation is 1. The van der Waals surface area contributed by atoms with Crippen LogP contribution in [0, 0.1) is 17.0 Å². The van der Waals surface area contributed by atoms with Crippen LogP contribution in [0.4, 0.5) is 5.69 Å². The van der Waals surface area contributed by atoms with Gasteiger partial charge in [0.1, 0.15) is 0 Å². The lowest BCUT2D eigenvalue weighted by atomic mass is 10.1. The van der Waals surface area contributed by atoms with E-state index in [2.05, 4.69) is 31.5 Å². The van der Waals surface area contributed by atoms with Crippen molar-refractivity contribution < 1.29 is 4.92 Å². The lowest BCUT2D eigenvalue weighted by molar-refractivity contribution is -0.384. The number of hydrogen-bond acceptors (Lipinski definition) is 3. The second-order valence-electron chi connectivity index (χ2n) is 7.07. The van der Waals surface area contributed by atoms with Crippen LogP contribution in [-0.4, -0.2) is 15.2 Å². The summed E-state index contributed by atoms with van der Waals surface area (Å²) >= 11 is 1.92. The first-order valence-electron chi connectivity index (χ1n) is 10.2. The minimum atomic E-state index is -0.338. The molecule has 0 spiro atoms. The molecule has 1 aromatic carbocycles. The average Bonchev–Trinajstić information content (AvgIpc) is 2.98. The minimum Gasteiger partial charge on any atom is -0.350 e. The van der Waals surface area contributed by atoms with Gasteiger partial charge in [0.25, 0.3) is 5.69 Å². The lowest BCUT2D eigenvalue weighted by Gasteiger charge is -2.08. The first-order valence-corrected chi connectivity index (χ1v) is 11.1. The fourth-order valence-electron chi connectivity index (χ4n) is 3.28. The average molecular weight is 389 g/mol. The Hall–Kier alpha value is -1.75. The molecule has 5 heteroatoms. The summed E-state index contributed by atoms with van der Waals surface area (Å²) < 4.78 is 2.35. The van der Waals surface area contributed by atoms with Gasteiger partial charge in [-0.2, -0.15) is 0 Å². The molecule has 0 atom stereocenters. The number of aromatic nitrogens is 1. The SMILES string of the molecule is CCCCCCCSc1cn(CCCC)c(C)c1-c1ccc([N+](=O)[O-])cc1. The highest BCUT2D eigenvalue weighted by Gasteiger charge is 2.16. The van der Waals surface area contributed by atoms with Crippen LogP contribution in [0.2, 0.25) is 0 Å². The predicted molar refractivity (Wildman–Crippen MR) is 116 cm³/mol. The van der Waals surface area contributed by atoms with Gasteiger partial charge in [-0.05, 0) is 43.2 Å². The van der Waals surface area contributed by atoms with Crippen LogP contribution in [0.5, 0.6) is 0 Å². The number of non-ortho nitro benzene ring substituents is 1. The summed E-state index contributed by atoms with van der Waals surface area (Å²) in [5, 5.41) is 11.0. The van der Waals surface area contributed by atoms with E-state index >= 15 is 0 Å². The Morgan fingerprint density at radius 1 is 1.00 bits per heavy atom. The van der Waals surface area contributed by atoms with Crippen molar-refractivity contribution in [2.24, 2.45) is 0 Å². The number of rotatable bonds is 12. The summed E-state index contributed by atoms with van der Waals surface area (Å²) in [6, 6.07) is 6.99. The molecule has 0 N–H and O–H groups in total. The van der Waals surface area contributed by atoms with Gasteiger partial charge in [0.05, 0.1) is 4.92 Å². The van der Waals surface area contributed by atoms with Gasteiger partial charge in [0.15, 0.2) is 0 Å². The first kappa shape index (κ1) is 21.5. The van der Waals surface area contributed by atoms with Crippen LogP contribution >= 0.6 is 11.8 Å². The number of thioether (sulfide) groups is 1. The van der Waals surface area contributed by atoms with Crippen molar-refractivity contribution in [3.05, 3.63) is 46.3 Å². The molecule has 148 valence electrons. The van der Waals surface area contributed by atoms with E-state index in [0.29, 0.717) is 0 Å². The molecule has 4 nitrogen and oxygen atoms in total. The maximum Gasteiger partial charge on any atom is 0.269 e. The summed E-state index contributed by atoms with van der Waals surface area (Å²) in [4.78, 5) is 11.9. The van der Waals surface area contributed by atoms with Gasteiger partial charge in [-0.25, -0.2) is 0 Å². The largest absolute Gasteiger partial charge is 0.350 e. The predicted octanol–water partition coefficient (Wildman–Crippen LogP) is 7.23. The molecule has 0 amide bonds. The van der Waals surface area contributed by atoms with E-state index in [4.69, 9.17) is 0 Å². The number of hydrogen-bond donors (Lipinski definition) is 0. The van der Waals surface area contributed by atoms with E-state index in [1.807, 2.05) is 23.9 Å². The number of nitro groups is 1. The quantitative estimate of drug-likeness (QED) is 0.167. The normalized spacial score (nSPS) is 11.1. The third-order valence-corrected chi connectivity index (χ3v) is 6.05. The molecule has 0 bridgehead atoms. The summed E-state index contributed by atoms with van der Waals surface area (Å²) in [7, 11) is 0. The maximum absolute atomic E-state index is 11.0. The topological polar surface area (TPSA) is 48.1 Å². The molecule has 0 aliphatic carbocycles. The Balaban J connectivity index is 2.19. The fourth-order valence-corrected chi connectivity index (χ4v) is 4.46. The number of nitrogens with zero attached hydrogens (tertiary/aromatic N) is 2. The zero-order valence-corrected chi connectivity index (χ0v) is 17.7. The van der Waals surface area contributed by atoms with E-state index in [1.165, 1.54) is 54.7 Å². The Kier molecular flexibility index (Phi) is 8.92. The van der Waals surface area contributed by atoms with Gasteiger partial charge in [-0.1, -0.05) is 46.0 Å². The maximum atomic E-state index is 11.0. The van der Waals surface area contributed by atoms with E-state index in [-0.39, 0.29) is 10.6 Å². The fraction of sp³-hybridized carbons (Fsp3) is 0.545. The van der Waals surface area contributed by atoms with Crippen LogP contribution < -0.4 is 0 Å². The van der Waals surface area contributed by atoms with Crippen LogP contribution in [0.25, 0.3) is 11.1 Å². The third kappa shape index (κ3) is 6.13. The summed E-state index contributed by atoms with van der Waals surface area (Å²) in [6.45, 7) is 7.64. The first-order chi connectivity index (χ1) is 13.1. The molecule has 0 saturated carbocycles. The zero-order chi connectivity index (χ0) is 19.6. The molecule has 0 saturated heterocycles. The summed E-state index contributed by atoms with van der Waals surface area (Å²) in [6.07, 6.45) is 11.1. The van der Waals surface area contributed by atoms with Crippen LogP contribution in [0.15, 0.2) is 35.4 Å². The van der Waals surface area contributed by atoms with Crippen molar-refractivity contribution >= 4 is 17.4 Å². The van der Waals surface area contributed by atoms with Crippen LogP contribution in [0.3, 0.4) is 0 Å². The van der Waals surface area contributed by atoms with Gasteiger partial charge in [-0.15, -0.1) is 11.8 Å². The van der Waals surface area contributed by atoms with Crippen LogP contribution in [-0.2, 0) is 6.54 Å². The second-order valence-corrected chi connectivity index (χ2v) is 8.20.